The fourth-order valence-corrected chi connectivity index (χ4v) is 3.75. The van der Waals surface area contributed by atoms with Crippen LogP contribution in [0.4, 0.5) is 0 Å². The number of allylic oxidation sites excluding steroid dienone is 4. The quantitative estimate of drug-likeness (QED) is 0.550. The molecule has 0 bridgehead atoms. The van der Waals surface area contributed by atoms with E-state index in [-0.39, 0.29) is 5.41 Å². The molecule has 1 aliphatic carbocycles. The van der Waals surface area contributed by atoms with E-state index >= 15 is 0 Å². The average molecular weight is 311 g/mol. The van der Waals surface area contributed by atoms with Gasteiger partial charge in [-0.05, 0) is 53.4 Å². The maximum atomic E-state index is 2.48. The summed E-state index contributed by atoms with van der Waals surface area (Å²) in [5.41, 5.74) is 7.78. The van der Waals surface area contributed by atoms with Crippen LogP contribution in [0.25, 0.3) is 0 Å². The smallest absolute Gasteiger partial charge is 0.0174 e. The van der Waals surface area contributed by atoms with Crippen molar-refractivity contribution in [2.24, 2.45) is 0 Å². The lowest BCUT2D eigenvalue weighted by Gasteiger charge is -2.38. The van der Waals surface area contributed by atoms with Crippen molar-refractivity contribution in [2.45, 2.75) is 85.0 Å². The molecule has 0 heteroatoms. The Morgan fingerprint density at radius 2 is 1.39 bits per heavy atom. The van der Waals surface area contributed by atoms with E-state index in [0.717, 1.165) is 6.42 Å². The molecular weight excluding hydrogens is 276 g/mol. The predicted molar refractivity (Wildman–Crippen MR) is 104 cm³/mol. The van der Waals surface area contributed by atoms with Crippen molar-refractivity contribution < 1.29 is 0 Å². The molecule has 23 heavy (non-hydrogen) atoms. The van der Waals surface area contributed by atoms with Crippen LogP contribution in [0.3, 0.4) is 0 Å². The molecule has 0 fully saturated rings. The summed E-state index contributed by atoms with van der Waals surface area (Å²) in [6.45, 7) is 18.7. The van der Waals surface area contributed by atoms with Gasteiger partial charge in [0, 0.05) is 5.41 Å². The van der Waals surface area contributed by atoms with Crippen LogP contribution < -0.4 is 0 Å². The normalized spacial score (nSPS) is 21.4. The van der Waals surface area contributed by atoms with Crippen molar-refractivity contribution in [3.05, 3.63) is 58.2 Å². The fraction of sp³-hybridized carbons (Fsp3) is 0.565. The first kappa shape index (κ1) is 18.0. The van der Waals surface area contributed by atoms with Crippen LogP contribution in [0.1, 0.15) is 102 Å². The molecule has 0 radical (unpaired) electrons. The van der Waals surface area contributed by atoms with E-state index in [2.05, 4.69) is 85.8 Å². The Kier molecular flexibility index (Phi) is 5.23. The number of rotatable bonds is 4. The maximum Gasteiger partial charge on any atom is 0.0174 e. The second kappa shape index (κ2) is 6.67. The third-order valence-electron chi connectivity index (χ3n) is 5.56. The first-order valence-electron chi connectivity index (χ1n) is 9.20. The lowest BCUT2D eigenvalue weighted by Crippen LogP contribution is -2.28. The molecule has 2 rings (SSSR count). The van der Waals surface area contributed by atoms with Crippen molar-refractivity contribution in [3.8, 4) is 0 Å². The second-order valence-corrected chi connectivity index (χ2v) is 8.35. The lowest BCUT2D eigenvalue weighted by atomic mass is 9.66. The molecule has 1 unspecified atom stereocenters. The summed E-state index contributed by atoms with van der Waals surface area (Å²) in [6.07, 6.45) is 7.95. The molecule has 0 nitrogen and oxygen atoms in total. The standard InChI is InChI=1S/C23H34/c1-15(2)19-13-20(16(3)4)22(21(14-19)17(5)6)23(8)12-10-9-11-18(23)7/h9-11,13-17H,12H2,1-8H3. The first-order valence-corrected chi connectivity index (χ1v) is 9.20. The molecular formula is C23H34. The van der Waals surface area contributed by atoms with Gasteiger partial charge in [-0.15, -0.1) is 0 Å². The minimum atomic E-state index is 0.128. The molecule has 0 aliphatic heterocycles. The Morgan fingerprint density at radius 1 is 0.870 bits per heavy atom. The van der Waals surface area contributed by atoms with Crippen molar-refractivity contribution >= 4 is 0 Å². The Morgan fingerprint density at radius 3 is 1.78 bits per heavy atom. The van der Waals surface area contributed by atoms with Gasteiger partial charge < -0.3 is 0 Å². The second-order valence-electron chi connectivity index (χ2n) is 8.35. The average Bonchev–Trinajstić information content (AvgIpc) is 2.48. The monoisotopic (exact) mass is 310 g/mol. The summed E-state index contributed by atoms with van der Waals surface area (Å²) < 4.78 is 0. The Balaban J connectivity index is 2.80. The zero-order chi connectivity index (χ0) is 17.4. The van der Waals surface area contributed by atoms with Crippen LogP contribution in [0, 0.1) is 0 Å². The topological polar surface area (TPSA) is 0 Å². The molecule has 0 aromatic heterocycles. The van der Waals surface area contributed by atoms with Crippen molar-refractivity contribution in [1.29, 1.82) is 0 Å². The van der Waals surface area contributed by atoms with E-state index in [1.54, 1.807) is 16.7 Å². The summed E-state index contributed by atoms with van der Waals surface area (Å²) in [7, 11) is 0. The third kappa shape index (κ3) is 3.32. The minimum absolute atomic E-state index is 0.128. The predicted octanol–water partition coefficient (Wildman–Crippen LogP) is 7.22. The Labute approximate surface area is 143 Å². The number of benzene rings is 1. The first-order chi connectivity index (χ1) is 10.7. The van der Waals surface area contributed by atoms with E-state index in [0.29, 0.717) is 17.8 Å². The Bertz CT molecular complexity index is 596. The van der Waals surface area contributed by atoms with Gasteiger partial charge in [0.05, 0.1) is 0 Å². The highest BCUT2D eigenvalue weighted by Gasteiger charge is 2.34. The summed E-state index contributed by atoms with van der Waals surface area (Å²) in [4.78, 5) is 0. The lowest BCUT2D eigenvalue weighted by molar-refractivity contribution is 0.538. The van der Waals surface area contributed by atoms with Crippen molar-refractivity contribution in [1.82, 2.24) is 0 Å². The summed E-state index contributed by atoms with van der Waals surface area (Å²) >= 11 is 0. The van der Waals surface area contributed by atoms with Gasteiger partial charge >= 0.3 is 0 Å². The zero-order valence-corrected chi connectivity index (χ0v) is 16.3. The van der Waals surface area contributed by atoms with Gasteiger partial charge in [0.25, 0.3) is 0 Å². The molecule has 0 spiro atoms. The number of hydrogen-bond acceptors (Lipinski definition) is 0. The minimum Gasteiger partial charge on any atom is -0.0833 e. The van der Waals surface area contributed by atoms with E-state index < -0.39 is 0 Å². The van der Waals surface area contributed by atoms with Crippen LogP contribution in [0.5, 0.6) is 0 Å². The molecule has 0 heterocycles. The van der Waals surface area contributed by atoms with Crippen molar-refractivity contribution in [2.75, 3.05) is 0 Å². The van der Waals surface area contributed by atoms with Crippen LogP contribution in [-0.4, -0.2) is 0 Å². The molecule has 1 aromatic carbocycles. The summed E-state index contributed by atoms with van der Waals surface area (Å²) in [5.74, 6) is 1.68. The highest BCUT2D eigenvalue weighted by Crippen LogP contribution is 2.45. The van der Waals surface area contributed by atoms with Crippen LogP contribution in [0.15, 0.2) is 35.9 Å². The van der Waals surface area contributed by atoms with Crippen molar-refractivity contribution in [3.63, 3.8) is 0 Å². The zero-order valence-electron chi connectivity index (χ0n) is 16.3. The largest absolute Gasteiger partial charge is 0.0833 e. The highest BCUT2D eigenvalue weighted by atomic mass is 14.4. The van der Waals surface area contributed by atoms with Crippen LogP contribution >= 0.6 is 0 Å². The van der Waals surface area contributed by atoms with Gasteiger partial charge in [0.1, 0.15) is 0 Å². The van der Waals surface area contributed by atoms with Gasteiger partial charge in [-0.25, -0.2) is 0 Å². The molecule has 0 saturated carbocycles. The summed E-state index contributed by atoms with van der Waals surface area (Å²) in [5, 5.41) is 0. The van der Waals surface area contributed by atoms with E-state index in [9.17, 15) is 0 Å². The van der Waals surface area contributed by atoms with Gasteiger partial charge in [-0.1, -0.05) is 84.4 Å². The van der Waals surface area contributed by atoms with Gasteiger partial charge in [0.2, 0.25) is 0 Å². The van der Waals surface area contributed by atoms with Crippen LogP contribution in [-0.2, 0) is 5.41 Å². The highest BCUT2D eigenvalue weighted by molar-refractivity contribution is 5.52. The SMILES string of the molecule is CC1=CC=CCC1(C)c1c(C(C)C)cc(C(C)C)cc1C(C)C. The van der Waals surface area contributed by atoms with E-state index in [4.69, 9.17) is 0 Å². The van der Waals surface area contributed by atoms with E-state index in [1.165, 1.54) is 11.1 Å². The maximum absolute atomic E-state index is 2.48. The van der Waals surface area contributed by atoms with Gasteiger partial charge in [0.15, 0.2) is 0 Å². The third-order valence-corrected chi connectivity index (χ3v) is 5.56. The summed E-state index contributed by atoms with van der Waals surface area (Å²) in [6, 6.07) is 4.96. The molecule has 0 saturated heterocycles. The molecule has 1 atom stereocenters. The molecule has 0 amide bonds. The van der Waals surface area contributed by atoms with Crippen LogP contribution in [0.2, 0.25) is 0 Å². The Hall–Kier alpha value is -1.30. The molecule has 0 N–H and O–H groups in total. The van der Waals surface area contributed by atoms with Gasteiger partial charge in [-0.3, -0.25) is 0 Å². The number of hydrogen-bond donors (Lipinski definition) is 0. The van der Waals surface area contributed by atoms with Gasteiger partial charge in [-0.2, -0.15) is 0 Å². The fourth-order valence-electron chi connectivity index (χ4n) is 3.75. The molecule has 1 aliphatic rings. The molecule has 126 valence electrons. The molecule has 1 aromatic rings. The van der Waals surface area contributed by atoms with E-state index in [1.807, 2.05) is 0 Å².